The van der Waals surface area contributed by atoms with E-state index in [1.165, 1.54) is 24.9 Å². The van der Waals surface area contributed by atoms with Crippen molar-refractivity contribution in [1.82, 2.24) is 4.90 Å². The van der Waals surface area contributed by atoms with Gasteiger partial charge in [0, 0.05) is 42.8 Å². The molecule has 0 aromatic heterocycles. The van der Waals surface area contributed by atoms with Crippen molar-refractivity contribution in [2.45, 2.75) is 38.1 Å². The van der Waals surface area contributed by atoms with Gasteiger partial charge in [-0.1, -0.05) is 18.0 Å². The molecule has 0 radical (unpaired) electrons. The molecule has 1 aliphatic heterocycles. The normalized spacial score (nSPS) is 30.2. The van der Waals surface area contributed by atoms with Crippen molar-refractivity contribution in [3.63, 3.8) is 0 Å². The van der Waals surface area contributed by atoms with Gasteiger partial charge in [0.2, 0.25) is 5.91 Å². The highest BCUT2D eigenvalue weighted by molar-refractivity contribution is 6.30. The van der Waals surface area contributed by atoms with E-state index in [-0.39, 0.29) is 0 Å². The highest BCUT2D eigenvalue weighted by Gasteiger charge is 2.57. The van der Waals surface area contributed by atoms with E-state index in [4.69, 9.17) is 11.6 Å². The van der Waals surface area contributed by atoms with Crippen molar-refractivity contribution < 1.29 is 4.79 Å². The van der Waals surface area contributed by atoms with Gasteiger partial charge >= 0.3 is 0 Å². The molecule has 0 bridgehead atoms. The Kier molecular flexibility index (Phi) is 4.00. The summed E-state index contributed by atoms with van der Waals surface area (Å²) in [5, 5.41) is 0.781. The Balaban J connectivity index is 1.32. The number of anilines is 1. The molecule has 1 aromatic rings. The van der Waals surface area contributed by atoms with Crippen LogP contribution in [0.1, 0.15) is 32.1 Å². The van der Waals surface area contributed by atoms with Crippen molar-refractivity contribution in [2.24, 2.45) is 17.8 Å². The van der Waals surface area contributed by atoms with Gasteiger partial charge in [-0.15, -0.1) is 0 Å². The Morgan fingerprint density at radius 3 is 2.30 bits per heavy atom. The number of benzene rings is 1. The predicted octanol–water partition coefficient (Wildman–Crippen LogP) is 3.81. The summed E-state index contributed by atoms with van der Waals surface area (Å²) in [4.78, 5) is 17.2. The van der Waals surface area contributed by atoms with E-state index < -0.39 is 0 Å². The lowest BCUT2D eigenvalue weighted by Gasteiger charge is -2.38. The number of piperidine rings is 1. The molecular weight excluding hydrogens is 308 g/mol. The largest absolute Gasteiger partial charge is 0.371 e. The van der Waals surface area contributed by atoms with Crippen molar-refractivity contribution in [2.75, 3.05) is 25.0 Å². The lowest BCUT2D eigenvalue weighted by molar-refractivity contribution is -0.134. The van der Waals surface area contributed by atoms with Crippen LogP contribution in [0.25, 0.3) is 0 Å². The molecule has 2 aliphatic carbocycles. The Labute approximate surface area is 143 Å². The average Bonchev–Trinajstić information content (AvgIpc) is 3.06. The highest BCUT2D eigenvalue weighted by Crippen LogP contribution is 2.58. The van der Waals surface area contributed by atoms with Crippen molar-refractivity contribution in [1.29, 1.82) is 0 Å². The van der Waals surface area contributed by atoms with Crippen LogP contribution in [-0.2, 0) is 4.79 Å². The van der Waals surface area contributed by atoms with Crippen molar-refractivity contribution in [3.05, 3.63) is 29.3 Å². The number of rotatable bonds is 3. The van der Waals surface area contributed by atoms with Gasteiger partial charge in [-0.2, -0.15) is 0 Å². The zero-order valence-electron chi connectivity index (χ0n) is 13.7. The van der Waals surface area contributed by atoms with Crippen molar-refractivity contribution in [3.8, 4) is 0 Å². The monoisotopic (exact) mass is 332 g/mol. The summed E-state index contributed by atoms with van der Waals surface area (Å²) in [5.74, 6) is 2.23. The fourth-order valence-electron chi connectivity index (χ4n) is 4.77. The van der Waals surface area contributed by atoms with E-state index in [0.29, 0.717) is 17.9 Å². The maximum atomic E-state index is 12.7. The first kappa shape index (κ1) is 15.3. The number of nitrogens with zero attached hydrogens (tertiary/aromatic N) is 2. The number of hydrogen-bond acceptors (Lipinski definition) is 2. The first-order valence-electron chi connectivity index (χ1n) is 8.92. The number of carbonyl (C=O) groups excluding carboxylic acids is 1. The fraction of sp³-hybridized carbons (Fsp3) is 0.632. The molecule has 2 saturated carbocycles. The second-order valence-electron chi connectivity index (χ2n) is 7.43. The molecule has 3 aliphatic rings. The highest BCUT2D eigenvalue weighted by atomic mass is 35.5. The van der Waals surface area contributed by atoms with Crippen LogP contribution in [-0.4, -0.2) is 37.0 Å². The second-order valence-corrected chi connectivity index (χ2v) is 7.86. The van der Waals surface area contributed by atoms with Gasteiger partial charge in [0.25, 0.3) is 0 Å². The third-order valence-electron chi connectivity index (χ3n) is 6.24. The van der Waals surface area contributed by atoms with E-state index >= 15 is 0 Å². The van der Waals surface area contributed by atoms with Crippen LogP contribution in [0.4, 0.5) is 5.69 Å². The summed E-state index contributed by atoms with van der Waals surface area (Å²) in [7, 11) is 2.03. The molecule has 4 rings (SSSR count). The van der Waals surface area contributed by atoms with E-state index in [2.05, 4.69) is 21.9 Å². The first-order chi connectivity index (χ1) is 11.1. The van der Waals surface area contributed by atoms with E-state index in [1.54, 1.807) is 0 Å². The molecule has 1 heterocycles. The maximum absolute atomic E-state index is 12.7. The van der Waals surface area contributed by atoms with Crippen LogP contribution in [0.3, 0.4) is 0 Å². The average molecular weight is 333 g/mol. The van der Waals surface area contributed by atoms with Gasteiger partial charge in [0.05, 0.1) is 0 Å². The molecule has 23 heavy (non-hydrogen) atoms. The van der Waals surface area contributed by atoms with Crippen LogP contribution < -0.4 is 4.90 Å². The third-order valence-corrected chi connectivity index (χ3v) is 6.50. The van der Waals surface area contributed by atoms with Crippen LogP contribution in [0.5, 0.6) is 0 Å². The molecule has 4 heteroatoms. The lowest BCUT2D eigenvalue weighted by atomic mass is 10.0. The topological polar surface area (TPSA) is 23.6 Å². The van der Waals surface area contributed by atoms with E-state index in [9.17, 15) is 4.79 Å². The standard InChI is InChI=1S/C19H25ClN2O/c1-21(19(23)18-16-3-2-4-17(16)18)14-9-11-22(12-10-14)15-7-5-13(20)6-8-15/h5-8,14,16-18H,2-4,9-12H2,1H3/t16-,17-/m0/s1. The summed E-state index contributed by atoms with van der Waals surface area (Å²) < 4.78 is 0. The molecule has 0 unspecified atom stereocenters. The molecule has 3 nitrogen and oxygen atoms in total. The summed E-state index contributed by atoms with van der Waals surface area (Å²) in [6, 6.07) is 8.48. The minimum Gasteiger partial charge on any atom is -0.371 e. The molecule has 0 N–H and O–H groups in total. The zero-order chi connectivity index (χ0) is 16.0. The van der Waals surface area contributed by atoms with Crippen molar-refractivity contribution >= 4 is 23.2 Å². The maximum Gasteiger partial charge on any atom is 0.226 e. The van der Waals surface area contributed by atoms with E-state index in [0.717, 1.165) is 42.8 Å². The zero-order valence-corrected chi connectivity index (χ0v) is 14.5. The van der Waals surface area contributed by atoms with Crippen LogP contribution in [0.15, 0.2) is 24.3 Å². The number of halogens is 1. The molecule has 3 fully saturated rings. The Morgan fingerprint density at radius 1 is 1.09 bits per heavy atom. The van der Waals surface area contributed by atoms with Crippen LogP contribution >= 0.6 is 11.6 Å². The Hall–Kier alpha value is -1.22. The minimum absolute atomic E-state index is 0.364. The van der Waals surface area contributed by atoms with Gasteiger partial charge in [-0.3, -0.25) is 4.79 Å². The fourth-order valence-corrected chi connectivity index (χ4v) is 4.89. The molecule has 124 valence electrons. The van der Waals surface area contributed by atoms with Gasteiger partial charge < -0.3 is 9.80 Å². The summed E-state index contributed by atoms with van der Waals surface area (Å²) >= 11 is 5.96. The second kappa shape index (κ2) is 6.01. The smallest absolute Gasteiger partial charge is 0.226 e. The van der Waals surface area contributed by atoms with Crippen LogP contribution in [0.2, 0.25) is 5.02 Å². The van der Waals surface area contributed by atoms with Gasteiger partial charge in [0.1, 0.15) is 0 Å². The van der Waals surface area contributed by atoms with Gasteiger partial charge in [-0.05, 0) is 61.8 Å². The molecule has 1 aromatic carbocycles. The number of hydrogen-bond donors (Lipinski definition) is 0. The van der Waals surface area contributed by atoms with Gasteiger partial charge in [-0.25, -0.2) is 0 Å². The Morgan fingerprint density at radius 2 is 1.70 bits per heavy atom. The summed E-state index contributed by atoms with van der Waals surface area (Å²) in [6.45, 7) is 2.03. The van der Waals surface area contributed by atoms with Crippen LogP contribution in [0, 0.1) is 17.8 Å². The summed E-state index contributed by atoms with van der Waals surface area (Å²) in [6.07, 6.45) is 6.02. The lowest BCUT2D eigenvalue weighted by Crippen LogP contribution is -2.46. The number of amides is 1. The number of fused-ring (bicyclic) bond motifs is 1. The number of carbonyl (C=O) groups is 1. The predicted molar refractivity (Wildman–Crippen MR) is 93.8 cm³/mol. The molecule has 0 spiro atoms. The van der Waals surface area contributed by atoms with Gasteiger partial charge in [0.15, 0.2) is 0 Å². The minimum atomic E-state index is 0.364. The molecule has 2 atom stereocenters. The first-order valence-corrected chi connectivity index (χ1v) is 9.30. The molecule has 1 saturated heterocycles. The SMILES string of the molecule is CN(C(=O)C1[C@H]2CCC[C@H]12)C1CCN(c2ccc(Cl)cc2)CC1. The molecule has 1 amide bonds. The quantitative estimate of drug-likeness (QED) is 0.840. The third kappa shape index (κ3) is 2.84. The summed E-state index contributed by atoms with van der Waals surface area (Å²) in [5.41, 5.74) is 1.23. The molecular formula is C19H25ClN2O. The Bertz CT molecular complexity index is 570. The van der Waals surface area contributed by atoms with E-state index in [1.807, 2.05) is 19.2 Å².